The quantitative estimate of drug-likeness (QED) is 0.812. The fourth-order valence-electron chi connectivity index (χ4n) is 3.45. The van der Waals surface area contributed by atoms with Crippen LogP contribution < -0.4 is 5.32 Å². The van der Waals surface area contributed by atoms with Gasteiger partial charge < -0.3 is 20.1 Å². The van der Waals surface area contributed by atoms with Crippen molar-refractivity contribution < 1.29 is 19.4 Å². The highest BCUT2D eigenvalue weighted by Crippen LogP contribution is 2.34. The van der Waals surface area contributed by atoms with Gasteiger partial charge in [-0.1, -0.05) is 13.3 Å². The maximum atomic E-state index is 12.4. The lowest BCUT2D eigenvalue weighted by Crippen LogP contribution is -2.56. The van der Waals surface area contributed by atoms with Crippen molar-refractivity contribution in [2.45, 2.75) is 51.0 Å². The summed E-state index contributed by atoms with van der Waals surface area (Å²) >= 11 is 0. The lowest BCUT2D eigenvalue weighted by atomic mass is 9.91. The molecule has 1 atom stereocenters. The van der Waals surface area contributed by atoms with Gasteiger partial charge in [-0.2, -0.15) is 0 Å². The number of rotatable bonds is 5. The Morgan fingerprint density at radius 3 is 2.71 bits per heavy atom. The minimum atomic E-state index is -1.01. The predicted octanol–water partition coefficient (Wildman–Crippen LogP) is 1.84. The first-order valence-electron chi connectivity index (χ1n) is 7.97. The second kappa shape index (κ2) is 7.11. The Morgan fingerprint density at radius 1 is 1.38 bits per heavy atom. The van der Waals surface area contributed by atoms with Crippen molar-refractivity contribution in [2.24, 2.45) is 5.92 Å². The maximum absolute atomic E-state index is 12.4. The molecular formula is C15H26N2O4. The lowest BCUT2D eigenvalue weighted by Gasteiger charge is -2.35. The van der Waals surface area contributed by atoms with E-state index in [-0.39, 0.29) is 6.03 Å². The van der Waals surface area contributed by atoms with Gasteiger partial charge in [-0.25, -0.2) is 9.59 Å². The Kier molecular flexibility index (Phi) is 5.45. The second-order valence-electron chi connectivity index (χ2n) is 6.08. The number of hydrogen-bond donors (Lipinski definition) is 2. The number of amides is 2. The molecule has 2 saturated heterocycles. The van der Waals surface area contributed by atoms with Gasteiger partial charge in [-0.05, 0) is 38.0 Å². The van der Waals surface area contributed by atoms with Crippen LogP contribution in [0.2, 0.25) is 0 Å². The van der Waals surface area contributed by atoms with Gasteiger partial charge in [0.2, 0.25) is 0 Å². The molecule has 6 nitrogen and oxygen atoms in total. The molecule has 2 amide bonds. The highest BCUT2D eigenvalue weighted by atomic mass is 16.5. The third kappa shape index (κ3) is 3.48. The van der Waals surface area contributed by atoms with Crippen LogP contribution in [-0.4, -0.2) is 53.8 Å². The lowest BCUT2D eigenvalue weighted by molar-refractivity contribution is -0.148. The molecular weight excluding hydrogens is 272 g/mol. The summed E-state index contributed by atoms with van der Waals surface area (Å²) < 4.78 is 5.30. The molecule has 0 aliphatic carbocycles. The third-order valence-corrected chi connectivity index (χ3v) is 4.68. The zero-order valence-electron chi connectivity index (χ0n) is 12.8. The van der Waals surface area contributed by atoms with Crippen molar-refractivity contribution in [2.75, 3.05) is 26.3 Å². The highest BCUT2D eigenvalue weighted by molar-refractivity contribution is 5.87. The molecule has 0 bridgehead atoms. The average molecular weight is 298 g/mol. The van der Waals surface area contributed by atoms with Crippen LogP contribution >= 0.6 is 0 Å². The van der Waals surface area contributed by atoms with Gasteiger partial charge in [-0.3, -0.25) is 0 Å². The molecule has 2 aliphatic rings. The molecule has 2 fully saturated rings. The summed E-state index contributed by atoms with van der Waals surface area (Å²) in [6.45, 7) is 4.60. The molecule has 0 radical (unpaired) electrons. The van der Waals surface area contributed by atoms with Gasteiger partial charge in [0.05, 0.1) is 0 Å². The van der Waals surface area contributed by atoms with Crippen LogP contribution in [0.25, 0.3) is 0 Å². The number of hydrogen-bond acceptors (Lipinski definition) is 3. The molecule has 120 valence electrons. The predicted molar refractivity (Wildman–Crippen MR) is 78.2 cm³/mol. The minimum absolute atomic E-state index is 0.227. The average Bonchev–Trinajstić information content (AvgIpc) is 2.91. The van der Waals surface area contributed by atoms with Crippen LogP contribution in [0.15, 0.2) is 0 Å². The van der Waals surface area contributed by atoms with Crippen LogP contribution in [0.1, 0.15) is 45.4 Å². The Labute approximate surface area is 125 Å². The number of nitrogens with one attached hydrogen (secondary N) is 1. The zero-order valence-corrected chi connectivity index (χ0v) is 12.8. The smallest absolute Gasteiger partial charge is 0.329 e. The number of carboxylic acid groups (broad SMARTS) is 1. The topological polar surface area (TPSA) is 78.9 Å². The fourth-order valence-corrected chi connectivity index (χ4v) is 3.45. The summed E-state index contributed by atoms with van der Waals surface area (Å²) in [7, 11) is 0. The molecule has 0 aromatic heterocycles. The summed E-state index contributed by atoms with van der Waals surface area (Å²) in [5.41, 5.74) is -1.01. The van der Waals surface area contributed by atoms with Crippen molar-refractivity contribution in [3.8, 4) is 0 Å². The number of nitrogens with zero attached hydrogens (tertiary/aromatic N) is 1. The minimum Gasteiger partial charge on any atom is -0.479 e. The van der Waals surface area contributed by atoms with Gasteiger partial charge in [0.15, 0.2) is 0 Å². The van der Waals surface area contributed by atoms with E-state index in [4.69, 9.17) is 4.74 Å². The van der Waals surface area contributed by atoms with Crippen LogP contribution in [0.4, 0.5) is 4.79 Å². The molecule has 6 heteroatoms. The highest BCUT2D eigenvalue weighted by Gasteiger charge is 2.49. The van der Waals surface area contributed by atoms with Crippen molar-refractivity contribution in [1.82, 2.24) is 10.2 Å². The standard InChI is InChI=1S/C15H26N2O4/c1-2-6-15(13(18)19)7-3-8-17(15)14(20)16-11-12-4-9-21-10-5-12/h12H,2-11H2,1H3,(H,16,20)(H,18,19). The molecule has 21 heavy (non-hydrogen) atoms. The maximum Gasteiger partial charge on any atom is 0.329 e. The molecule has 0 saturated carbocycles. The zero-order chi connectivity index (χ0) is 15.3. The van der Waals surface area contributed by atoms with Gasteiger partial charge in [0, 0.05) is 26.3 Å². The first-order chi connectivity index (χ1) is 10.1. The van der Waals surface area contributed by atoms with Gasteiger partial charge in [0.1, 0.15) is 5.54 Å². The molecule has 2 N–H and O–H groups in total. The van der Waals surface area contributed by atoms with E-state index in [1.54, 1.807) is 0 Å². The molecule has 2 heterocycles. The Morgan fingerprint density at radius 2 is 2.10 bits per heavy atom. The number of carbonyl (C=O) groups is 2. The summed E-state index contributed by atoms with van der Waals surface area (Å²) in [4.78, 5) is 25.6. The Bertz CT molecular complexity index is 382. The first kappa shape index (κ1) is 16.1. The number of ether oxygens (including phenoxy) is 1. The molecule has 2 aliphatic heterocycles. The van der Waals surface area contributed by atoms with Crippen molar-refractivity contribution >= 4 is 12.0 Å². The van der Waals surface area contributed by atoms with Crippen LogP contribution in [-0.2, 0) is 9.53 Å². The summed E-state index contributed by atoms with van der Waals surface area (Å²) in [6, 6.07) is -0.227. The monoisotopic (exact) mass is 298 g/mol. The van der Waals surface area contributed by atoms with E-state index in [1.165, 1.54) is 4.90 Å². The normalized spacial score (nSPS) is 26.8. The molecule has 0 spiro atoms. The van der Waals surface area contributed by atoms with E-state index in [0.29, 0.717) is 31.8 Å². The molecule has 0 aromatic rings. The Hall–Kier alpha value is -1.30. The molecule has 1 unspecified atom stereocenters. The van der Waals surface area contributed by atoms with Gasteiger partial charge in [-0.15, -0.1) is 0 Å². The van der Waals surface area contributed by atoms with E-state index >= 15 is 0 Å². The first-order valence-corrected chi connectivity index (χ1v) is 7.97. The van der Waals surface area contributed by atoms with Crippen LogP contribution in [0.5, 0.6) is 0 Å². The van der Waals surface area contributed by atoms with Crippen molar-refractivity contribution in [3.63, 3.8) is 0 Å². The van der Waals surface area contributed by atoms with Gasteiger partial charge in [0.25, 0.3) is 0 Å². The number of aliphatic carboxylic acids is 1. The summed E-state index contributed by atoms with van der Waals surface area (Å²) in [5.74, 6) is -0.432. The van der Waals surface area contributed by atoms with E-state index < -0.39 is 11.5 Å². The molecule has 2 rings (SSSR count). The van der Waals surface area contributed by atoms with Crippen molar-refractivity contribution in [3.05, 3.63) is 0 Å². The summed E-state index contributed by atoms with van der Waals surface area (Å²) in [5, 5.41) is 12.5. The number of urea groups is 1. The largest absolute Gasteiger partial charge is 0.479 e. The Balaban J connectivity index is 1.94. The second-order valence-corrected chi connectivity index (χ2v) is 6.08. The van der Waals surface area contributed by atoms with Gasteiger partial charge >= 0.3 is 12.0 Å². The van der Waals surface area contributed by atoms with E-state index in [9.17, 15) is 14.7 Å². The van der Waals surface area contributed by atoms with Crippen LogP contribution in [0.3, 0.4) is 0 Å². The SMILES string of the molecule is CCCC1(C(=O)O)CCCN1C(=O)NCC1CCOCC1. The van der Waals surface area contributed by atoms with E-state index in [0.717, 1.165) is 38.9 Å². The number of carbonyl (C=O) groups excluding carboxylic acids is 1. The number of carboxylic acids is 1. The van der Waals surface area contributed by atoms with Crippen LogP contribution in [0, 0.1) is 5.92 Å². The van der Waals surface area contributed by atoms with Crippen molar-refractivity contribution in [1.29, 1.82) is 0 Å². The fraction of sp³-hybridized carbons (Fsp3) is 0.867. The molecule has 0 aromatic carbocycles. The third-order valence-electron chi connectivity index (χ3n) is 4.68. The summed E-state index contributed by atoms with van der Waals surface area (Å²) in [6.07, 6.45) is 4.51. The van der Waals surface area contributed by atoms with E-state index in [2.05, 4.69) is 5.32 Å². The van der Waals surface area contributed by atoms with E-state index in [1.807, 2.05) is 6.92 Å². The number of likely N-dealkylation sites (tertiary alicyclic amines) is 1.